The second-order valence-corrected chi connectivity index (χ2v) is 7.84. The van der Waals surface area contributed by atoms with Crippen LogP contribution in [0.25, 0.3) is 5.57 Å². The van der Waals surface area contributed by atoms with Crippen molar-refractivity contribution in [1.29, 1.82) is 0 Å². The number of aromatic nitrogens is 1. The maximum absolute atomic E-state index is 10.7. The normalized spacial score (nSPS) is 14.0. The molecule has 0 saturated carbocycles. The molecule has 0 aliphatic heterocycles. The molecule has 0 amide bonds. The molecule has 1 aromatic heterocycles. The molecule has 1 heterocycles. The number of nitrogen functional groups attached to an aromatic ring is 2. The third-order valence-electron chi connectivity index (χ3n) is 4.20. The topological polar surface area (TPSA) is 85.2 Å². The lowest BCUT2D eigenvalue weighted by molar-refractivity contribution is 0.365. The van der Waals surface area contributed by atoms with Crippen LogP contribution in [-0.4, -0.2) is 10.1 Å². The van der Waals surface area contributed by atoms with Crippen LogP contribution in [0.5, 0.6) is 0 Å². The van der Waals surface area contributed by atoms with Crippen LogP contribution in [0.1, 0.15) is 64.6 Å². The monoisotopic (exact) mass is 431 g/mol. The summed E-state index contributed by atoms with van der Waals surface area (Å²) in [6, 6.07) is 0. The zero-order valence-corrected chi connectivity index (χ0v) is 17.1. The Morgan fingerprint density at radius 3 is 2.39 bits per heavy atom. The molecule has 5 N–H and O–H groups in total. The van der Waals surface area contributed by atoms with Crippen LogP contribution < -0.4 is 11.5 Å². The second kappa shape index (κ2) is 8.76. The number of aryl methyl sites for hydroxylation is 1. The van der Waals surface area contributed by atoms with E-state index < -0.39 is 0 Å². The number of halogens is 1. The molecule has 1 rings (SSSR count). The van der Waals surface area contributed by atoms with Gasteiger partial charge in [-0.15, -0.1) is 0 Å². The smallest absolute Gasteiger partial charge is 0.147 e. The standard InChI is InChI=1S/C18H30IN3O/c1-6-11(4)7-8-14(23)13(9-10(2)3)15-16(19)12(5)22-18(21)17(15)20/h10-11,23H,6-9,20H2,1-5H3,(H2,21,22)/t11-/m1/s1. The summed E-state index contributed by atoms with van der Waals surface area (Å²) in [5.74, 6) is 1.79. The number of nitrogens with zero attached hydrogens (tertiary/aromatic N) is 1. The second-order valence-electron chi connectivity index (χ2n) is 6.76. The summed E-state index contributed by atoms with van der Waals surface area (Å²) < 4.78 is 0.972. The van der Waals surface area contributed by atoms with Crippen molar-refractivity contribution in [2.45, 2.75) is 60.3 Å². The van der Waals surface area contributed by atoms with Crippen molar-refractivity contribution in [2.24, 2.45) is 11.8 Å². The van der Waals surface area contributed by atoms with Gasteiger partial charge in [0.2, 0.25) is 0 Å². The highest BCUT2D eigenvalue weighted by molar-refractivity contribution is 14.1. The highest BCUT2D eigenvalue weighted by atomic mass is 127. The molecule has 0 aliphatic rings. The van der Waals surface area contributed by atoms with Crippen molar-refractivity contribution in [3.8, 4) is 0 Å². The molecule has 0 spiro atoms. The molecule has 130 valence electrons. The van der Waals surface area contributed by atoms with Crippen molar-refractivity contribution in [3.63, 3.8) is 0 Å². The van der Waals surface area contributed by atoms with Crippen molar-refractivity contribution < 1.29 is 5.11 Å². The molecule has 0 aliphatic carbocycles. The molecule has 4 nitrogen and oxygen atoms in total. The van der Waals surface area contributed by atoms with Gasteiger partial charge >= 0.3 is 0 Å². The number of pyridine rings is 1. The molecule has 1 atom stereocenters. The van der Waals surface area contributed by atoms with Crippen molar-refractivity contribution >= 4 is 39.7 Å². The lowest BCUT2D eigenvalue weighted by Crippen LogP contribution is -2.09. The minimum Gasteiger partial charge on any atom is -0.512 e. The van der Waals surface area contributed by atoms with Crippen LogP contribution in [0.4, 0.5) is 11.5 Å². The van der Waals surface area contributed by atoms with Gasteiger partial charge in [0.25, 0.3) is 0 Å². The maximum Gasteiger partial charge on any atom is 0.147 e. The van der Waals surface area contributed by atoms with Crippen LogP contribution in [0.2, 0.25) is 0 Å². The van der Waals surface area contributed by atoms with Gasteiger partial charge in [0, 0.05) is 21.1 Å². The molecule has 1 aromatic rings. The largest absolute Gasteiger partial charge is 0.512 e. The van der Waals surface area contributed by atoms with E-state index in [1.165, 1.54) is 0 Å². The van der Waals surface area contributed by atoms with Crippen LogP contribution >= 0.6 is 22.6 Å². The first-order chi connectivity index (χ1) is 10.7. The van der Waals surface area contributed by atoms with E-state index in [2.05, 4.69) is 55.3 Å². The fraction of sp³-hybridized carbons (Fsp3) is 0.611. The van der Waals surface area contributed by atoms with E-state index >= 15 is 0 Å². The van der Waals surface area contributed by atoms with Gasteiger partial charge in [-0.3, -0.25) is 0 Å². The molecule has 0 bridgehead atoms. The minimum atomic E-state index is 0.342. The fourth-order valence-corrected chi connectivity index (χ4v) is 3.26. The Balaban J connectivity index is 3.37. The quantitative estimate of drug-likeness (QED) is 0.404. The Kier molecular flexibility index (Phi) is 7.64. The third kappa shape index (κ3) is 5.26. The Morgan fingerprint density at radius 1 is 1.26 bits per heavy atom. The van der Waals surface area contributed by atoms with E-state index in [4.69, 9.17) is 11.5 Å². The molecule has 5 heteroatoms. The Bertz CT molecular complexity index is 556. The lowest BCUT2D eigenvalue weighted by Gasteiger charge is -2.19. The van der Waals surface area contributed by atoms with Gasteiger partial charge in [-0.1, -0.05) is 34.1 Å². The summed E-state index contributed by atoms with van der Waals surface area (Å²) in [5, 5.41) is 10.7. The van der Waals surface area contributed by atoms with E-state index in [0.717, 1.165) is 39.7 Å². The Labute approximate surface area is 153 Å². The fourth-order valence-electron chi connectivity index (χ4n) is 2.52. The zero-order chi connectivity index (χ0) is 17.7. The Hall–Kier alpha value is -0.980. The van der Waals surface area contributed by atoms with Gasteiger partial charge in [0.05, 0.1) is 17.1 Å². The highest BCUT2D eigenvalue weighted by Crippen LogP contribution is 2.37. The van der Waals surface area contributed by atoms with E-state index in [-0.39, 0.29) is 0 Å². The predicted octanol–water partition coefficient (Wildman–Crippen LogP) is 5.30. The average Bonchev–Trinajstić information content (AvgIpc) is 2.49. The average molecular weight is 431 g/mol. The molecule has 0 radical (unpaired) electrons. The number of allylic oxidation sites excluding steroid dienone is 2. The van der Waals surface area contributed by atoms with Gasteiger partial charge < -0.3 is 16.6 Å². The molecular formula is C18H30IN3O. The highest BCUT2D eigenvalue weighted by Gasteiger charge is 2.20. The van der Waals surface area contributed by atoms with Crippen molar-refractivity contribution in [1.82, 2.24) is 4.98 Å². The molecule has 0 fully saturated rings. The molecule has 0 saturated heterocycles. The zero-order valence-electron chi connectivity index (χ0n) is 14.9. The first-order valence-corrected chi connectivity index (χ1v) is 9.39. The van der Waals surface area contributed by atoms with Gasteiger partial charge in [0.1, 0.15) is 5.82 Å². The van der Waals surface area contributed by atoms with Crippen LogP contribution in [0, 0.1) is 22.3 Å². The molecule has 0 unspecified atom stereocenters. The van der Waals surface area contributed by atoms with Crippen molar-refractivity contribution in [3.05, 3.63) is 20.6 Å². The van der Waals surface area contributed by atoms with Gasteiger partial charge in [-0.2, -0.15) is 0 Å². The molecule has 23 heavy (non-hydrogen) atoms. The number of aliphatic hydroxyl groups excluding tert-OH is 1. The number of hydrogen-bond acceptors (Lipinski definition) is 4. The number of anilines is 2. The van der Waals surface area contributed by atoms with Crippen molar-refractivity contribution in [2.75, 3.05) is 11.5 Å². The SMILES string of the molecule is CC[C@@H](C)CCC(O)=C(CC(C)C)c1c(N)c(N)nc(C)c1I. The number of nitrogens with two attached hydrogens (primary N) is 2. The first kappa shape index (κ1) is 20.1. The summed E-state index contributed by atoms with van der Waals surface area (Å²) in [5.41, 5.74) is 15.3. The Morgan fingerprint density at radius 2 is 1.87 bits per heavy atom. The number of hydrogen-bond donors (Lipinski definition) is 3. The number of rotatable bonds is 7. The minimum absolute atomic E-state index is 0.342. The molecular weight excluding hydrogens is 401 g/mol. The summed E-state index contributed by atoms with van der Waals surface area (Å²) >= 11 is 2.25. The molecule has 0 aromatic carbocycles. The van der Waals surface area contributed by atoms with Gasteiger partial charge in [-0.05, 0) is 54.2 Å². The summed E-state index contributed by atoms with van der Waals surface area (Å²) in [7, 11) is 0. The van der Waals surface area contributed by atoms with E-state index in [9.17, 15) is 5.11 Å². The van der Waals surface area contributed by atoms with E-state index in [0.29, 0.717) is 35.5 Å². The van der Waals surface area contributed by atoms with Crippen LogP contribution in [0.3, 0.4) is 0 Å². The van der Waals surface area contributed by atoms with E-state index in [1.54, 1.807) is 0 Å². The van der Waals surface area contributed by atoms with Crippen LogP contribution in [-0.2, 0) is 0 Å². The maximum atomic E-state index is 10.7. The first-order valence-electron chi connectivity index (χ1n) is 8.31. The van der Waals surface area contributed by atoms with Gasteiger partial charge in [0.15, 0.2) is 0 Å². The predicted molar refractivity (Wildman–Crippen MR) is 108 cm³/mol. The van der Waals surface area contributed by atoms with Crippen LogP contribution in [0.15, 0.2) is 5.76 Å². The number of aliphatic hydroxyl groups is 1. The summed E-state index contributed by atoms with van der Waals surface area (Å²) in [6.45, 7) is 10.6. The summed E-state index contributed by atoms with van der Waals surface area (Å²) in [6.07, 6.45) is 3.54. The van der Waals surface area contributed by atoms with E-state index in [1.807, 2.05) is 6.92 Å². The summed E-state index contributed by atoms with van der Waals surface area (Å²) in [4.78, 5) is 4.28. The van der Waals surface area contributed by atoms with Gasteiger partial charge in [-0.25, -0.2) is 4.98 Å². The lowest BCUT2D eigenvalue weighted by atomic mass is 9.91. The third-order valence-corrected chi connectivity index (χ3v) is 5.52.